The highest BCUT2D eigenvalue weighted by Crippen LogP contribution is 2.39. The summed E-state index contributed by atoms with van der Waals surface area (Å²) in [5, 5.41) is 0. The fourth-order valence-corrected chi connectivity index (χ4v) is 3.68. The van der Waals surface area contributed by atoms with Gasteiger partial charge in [-0.25, -0.2) is 0 Å². The summed E-state index contributed by atoms with van der Waals surface area (Å²) < 4.78 is 0. The first-order valence-electron chi connectivity index (χ1n) is 9.32. The van der Waals surface area contributed by atoms with Crippen LogP contribution in [0, 0.1) is 0 Å². The number of fused-ring (bicyclic) bond motifs is 3. The lowest BCUT2D eigenvalue weighted by atomic mass is 9.87. The molecule has 0 radical (unpaired) electrons. The first kappa shape index (κ1) is 19.0. The average Bonchev–Trinajstić information content (AvgIpc) is 2.75. The number of rotatable bonds is 2. The lowest BCUT2D eigenvalue weighted by Crippen LogP contribution is -2.38. The van der Waals surface area contributed by atoms with Crippen LogP contribution in [0.15, 0.2) is 53.5 Å². The van der Waals surface area contributed by atoms with E-state index in [1.54, 1.807) is 0 Å². The van der Waals surface area contributed by atoms with Crippen molar-refractivity contribution >= 4 is 34.3 Å². The summed E-state index contributed by atoms with van der Waals surface area (Å²) in [5.74, 6) is 1.12. The SMILES string of the molecule is Br.CC(C)(C)c1ccc(CN2C3=NCCCCN3c3ccccc32)cc1. The Kier molecular flexibility index (Phi) is 5.42. The maximum Gasteiger partial charge on any atom is 0.206 e. The van der Waals surface area contributed by atoms with E-state index in [2.05, 4.69) is 79.1 Å². The van der Waals surface area contributed by atoms with Gasteiger partial charge in [0.25, 0.3) is 0 Å². The monoisotopic (exact) mass is 413 g/mol. The van der Waals surface area contributed by atoms with Crippen LogP contribution in [-0.4, -0.2) is 19.0 Å². The number of halogens is 1. The maximum absolute atomic E-state index is 4.90. The zero-order valence-electron chi connectivity index (χ0n) is 15.9. The molecular weight excluding hydrogens is 386 g/mol. The van der Waals surface area contributed by atoms with E-state index in [4.69, 9.17) is 4.99 Å². The highest BCUT2D eigenvalue weighted by molar-refractivity contribution is 8.93. The molecule has 0 aliphatic carbocycles. The van der Waals surface area contributed by atoms with Crippen LogP contribution < -0.4 is 9.80 Å². The number of para-hydroxylation sites is 2. The molecule has 0 aromatic heterocycles. The molecule has 2 aliphatic rings. The highest BCUT2D eigenvalue weighted by Gasteiger charge is 2.33. The van der Waals surface area contributed by atoms with Crippen molar-refractivity contribution in [2.24, 2.45) is 4.99 Å². The molecule has 0 spiro atoms. The average molecular weight is 414 g/mol. The number of hydrogen-bond acceptors (Lipinski definition) is 3. The molecule has 4 rings (SSSR count). The van der Waals surface area contributed by atoms with Gasteiger partial charge in [-0.2, -0.15) is 0 Å². The van der Waals surface area contributed by atoms with Crippen LogP contribution in [0.25, 0.3) is 0 Å². The molecule has 0 saturated heterocycles. The summed E-state index contributed by atoms with van der Waals surface area (Å²) in [6, 6.07) is 17.8. The minimum absolute atomic E-state index is 0. The topological polar surface area (TPSA) is 18.8 Å². The molecule has 0 unspecified atom stereocenters. The standard InChI is InChI=1S/C22H27N3.BrH/c1-22(2,3)18-12-10-17(11-13-18)16-25-20-9-5-4-8-19(20)24-15-7-6-14-23-21(24)25;/h4-5,8-13H,6-7,14-16H2,1-3H3;1H. The van der Waals surface area contributed by atoms with Crippen molar-refractivity contribution in [3.63, 3.8) is 0 Å². The largest absolute Gasteiger partial charge is 0.310 e. The van der Waals surface area contributed by atoms with Crippen LogP contribution in [0.4, 0.5) is 11.4 Å². The van der Waals surface area contributed by atoms with E-state index in [0.29, 0.717) is 0 Å². The first-order valence-corrected chi connectivity index (χ1v) is 9.32. The van der Waals surface area contributed by atoms with E-state index < -0.39 is 0 Å². The summed E-state index contributed by atoms with van der Waals surface area (Å²) in [6.07, 6.45) is 2.38. The van der Waals surface area contributed by atoms with E-state index in [0.717, 1.165) is 25.6 Å². The Labute approximate surface area is 167 Å². The van der Waals surface area contributed by atoms with Crippen molar-refractivity contribution in [3.05, 3.63) is 59.7 Å². The van der Waals surface area contributed by atoms with Crippen LogP contribution in [0.3, 0.4) is 0 Å². The molecule has 2 heterocycles. The molecule has 0 amide bonds. The third-order valence-electron chi connectivity index (χ3n) is 5.15. The smallest absolute Gasteiger partial charge is 0.206 e. The van der Waals surface area contributed by atoms with Gasteiger partial charge in [0.2, 0.25) is 5.96 Å². The molecule has 0 atom stereocenters. The minimum atomic E-state index is 0. The van der Waals surface area contributed by atoms with Crippen molar-refractivity contribution in [3.8, 4) is 0 Å². The fraction of sp³-hybridized carbons (Fsp3) is 0.409. The molecule has 2 aromatic rings. The molecule has 26 heavy (non-hydrogen) atoms. The van der Waals surface area contributed by atoms with Crippen molar-refractivity contribution in [2.45, 2.75) is 45.6 Å². The zero-order chi connectivity index (χ0) is 17.4. The van der Waals surface area contributed by atoms with E-state index in [1.165, 1.54) is 35.3 Å². The summed E-state index contributed by atoms with van der Waals surface area (Å²) in [6.45, 7) is 9.65. The van der Waals surface area contributed by atoms with E-state index in [-0.39, 0.29) is 22.4 Å². The second-order valence-corrected chi connectivity index (χ2v) is 8.06. The second-order valence-electron chi connectivity index (χ2n) is 8.06. The molecule has 0 N–H and O–H groups in total. The summed E-state index contributed by atoms with van der Waals surface area (Å²) in [5.41, 5.74) is 5.49. The quantitative estimate of drug-likeness (QED) is 0.643. The normalized spacial score (nSPS) is 16.3. The number of anilines is 2. The Hall–Kier alpha value is -1.81. The number of benzene rings is 2. The highest BCUT2D eigenvalue weighted by atomic mass is 79.9. The Balaban J connectivity index is 0.00000196. The molecular formula is C22H28BrN3. The van der Waals surface area contributed by atoms with Gasteiger partial charge < -0.3 is 9.80 Å². The molecule has 3 nitrogen and oxygen atoms in total. The molecule has 138 valence electrons. The molecule has 4 heteroatoms. The Morgan fingerprint density at radius 2 is 1.62 bits per heavy atom. The van der Waals surface area contributed by atoms with Gasteiger partial charge in [-0.1, -0.05) is 57.2 Å². The minimum Gasteiger partial charge on any atom is -0.310 e. The van der Waals surface area contributed by atoms with Crippen LogP contribution >= 0.6 is 17.0 Å². The summed E-state index contributed by atoms with van der Waals surface area (Å²) in [7, 11) is 0. The third kappa shape index (κ3) is 3.52. The Morgan fingerprint density at radius 3 is 2.31 bits per heavy atom. The zero-order valence-corrected chi connectivity index (χ0v) is 17.6. The fourth-order valence-electron chi connectivity index (χ4n) is 3.68. The van der Waals surface area contributed by atoms with E-state index >= 15 is 0 Å². The molecule has 0 bridgehead atoms. The lowest BCUT2D eigenvalue weighted by Gasteiger charge is -2.23. The number of nitrogens with zero attached hydrogens (tertiary/aromatic N) is 3. The molecule has 0 fully saturated rings. The van der Waals surface area contributed by atoms with E-state index in [1.807, 2.05) is 0 Å². The van der Waals surface area contributed by atoms with Crippen molar-refractivity contribution < 1.29 is 0 Å². The van der Waals surface area contributed by atoms with Crippen LogP contribution in [-0.2, 0) is 12.0 Å². The van der Waals surface area contributed by atoms with Gasteiger partial charge >= 0.3 is 0 Å². The van der Waals surface area contributed by atoms with Gasteiger partial charge in [0.1, 0.15) is 0 Å². The van der Waals surface area contributed by atoms with Gasteiger partial charge in [-0.3, -0.25) is 4.99 Å². The van der Waals surface area contributed by atoms with E-state index in [9.17, 15) is 0 Å². The van der Waals surface area contributed by atoms with Gasteiger partial charge in [0.05, 0.1) is 17.9 Å². The maximum atomic E-state index is 4.90. The van der Waals surface area contributed by atoms with Gasteiger partial charge in [0, 0.05) is 13.1 Å². The van der Waals surface area contributed by atoms with Gasteiger partial charge in [-0.15, -0.1) is 17.0 Å². The Morgan fingerprint density at radius 1 is 0.923 bits per heavy atom. The van der Waals surface area contributed by atoms with Crippen LogP contribution in [0.2, 0.25) is 0 Å². The van der Waals surface area contributed by atoms with Crippen molar-refractivity contribution in [1.29, 1.82) is 0 Å². The number of aliphatic imine (C=N–C) groups is 1. The van der Waals surface area contributed by atoms with Crippen molar-refractivity contribution in [1.82, 2.24) is 0 Å². The second kappa shape index (κ2) is 7.43. The number of guanidine groups is 1. The number of hydrogen-bond donors (Lipinski definition) is 0. The lowest BCUT2D eigenvalue weighted by molar-refractivity contribution is 0.590. The summed E-state index contributed by atoms with van der Waals surface area (Å²) in [4.78, 5) is 9.68. The molecule has 2 aromatic carbocycles. The van der Waals surface area contributed by atoms with Gasteiger partial charge in [-0.05, 0) is 41.5 Å². The first-order chi connectivity index (χ1) is 12.0. The Bertz CT molecular complexity index is 790. The summed E-state index contributed by atoms with van der Waals surface area (Å²) >= 11 is 0. The van der Waals surface area contributed by atoms with Crippen LogP contribution in [0.5, 0.6) is 0 Å². The molecule has 0 saturated carbocycles. The molecule has 2 aliphatic heterocycles. The third-order valence-corrected chi connectivity index (χ3v) is 5.15. The van der Waals surface area contributed by atoms with Crippen LogP contribution in [0.1, 0.15) is 44.7 Å². The van der Waals surface area contributed by atoms with Gasteiger partial charge in [0.15, 0.2) is 0 Å². The van der Waals surface area contributed by atoms with Crippen molar-refractivity contribution in [2.75, 3.05) is 22.9 Å². The predicted octanol–water partition coefficient (Wildman–Crippen LogP) is 5.54. The predicted molar refractivity (Wildman–Crippen MR) is 117 cm³/mol.